The van der Waals surface area contributed by atoms with Crippen LogP contribution >= 0.6 is 0 Å². The van der Waals surface area contributed by atoms with Crippen LogP contribution in [0.1, 0.15) is 30.8 Å². The van der Waals surface area contributed by atoms with Gasteiger partial charge in [-0.15, -0.1) is 0 Å². The number of aryl methyl sites for hydroxylation is 1. The highest BCUT2D eigenvalue weighted by Gasteiger charge is 2.17. The molecule has 0 saturated carbocycles. The van der Waals surface area contributed by atoms with Crippen molar-refractivity contribution < 1.29 is 4.79 Å². The molecule has 24 heavy (non-hydrogen) atoms. The maximum atomic E-state index is 12.4. The Bertz CT molecular complexity index is 793. The summed E-state index contributed by atoms with van der Waals surface area (Å²) in [5.74, 6) is -0.228. The first kappa shape index (κ1) is 17.5. The fourth-order valence-electron chi connectivity index (χ4n) is 2.80. The predicted octanol–water partition coefficient (Wildman–Crippen LogP) is 3.26. The number of pyridine rings is 1. The summed E-state index contributed by atoms with van der Waals surface area (Å²) in [6.45, 7) is 8.96. The second-order valence-corrected chi connectivity index (χ2v) is 5.52. The molecule has 0 aliphatic carbocycles. The van der Waals surface area contributed by atoms with Crippen molar-refractivity contribution >= 4 is 12.0 Å². The summed E-state index contributed by atoms with van der Waals surface area (Å²) in [6, 6.07) is 7.89. The van der Waals surface area contributed by atoms with Gasteiger partial charge in [-0.3, -0.25) is 9.78 Å². The molecule has 0 unspecified atom stereocenters. The van der Waals surface area contributed by atoms with E-state index in [1.807, 2.05) is 52.0 Å². The van der Waals surface area contributed by atoms with Crippen LogP contribution in [0.2, 0.25) is 0 Å². The number of hydrogen-bond acceptors (Lipinski definition) is 3. The molecule has 0 fully saturated rings. The first-order chi connectivity index (χ1) is 11.5. The molecule has 5 nitrogen and oxygen atoms in total. The number of likely N-dealkylation sites (N-methyl/N-ethyl adjacent to an activating group) is 1. The lowest BCUT2D eigenvalue weighted by molar-refractivity contribution is -0.126. The predicted molar refractivity (Wildman–Crippen MR) is 94.6 cm³/mol. The van der Waals surface area contributed by atoms with Gasteiger partial charge in [0.25, 0.3) is 5.91 Å². The van der Waals surface area contributed by atoms with Crippen LogP contribution in [0.25, 0.3) is 11.8 Å². The van der Waals surface area contributed by atoms with Gasteiger partial charge in [-0.1, -0.05) is 0 Å². The molecule has 0 saturated heterocycles. The maximum absolute atomic E-state index is 12.4. The van der Waals surface area contributed by atoms with Crippen molar-refractivity contribution in [3.8, 4) is 11.8 Å². The van der Waals surface area contributed by atoms with Gasteiger partial charge < -0.3 is 9.47 Å². The number of amides is 1. The average molecular weight is 322 g/mol. The van der Waals surface area contributed by atoms with Gasteiger partial charge in [-0.25, -0.2) is 0 Å². The molecule has 2 rings (SSSR count). The SMILES string of the molecule is CCN(CC)C(=O)/C(C#N)=C\c1cc(C)n(-c2cccnc2)c1C. The van der Waals surface area contributed by atoms with Crippen LogP contribution in [0.15, 0.2) is 36.2 Å². The number of nitrogens with zero attached hydrogens (tertiary/aromatic N) is 4. The highest BCUT2D eigenvalue weighted by molar-refractivity contribution is 6.01. The van der Waals surface area contributed by atoms with E-state index in [1.54, 1.807) is 23.4 Å². The van der Waals surface area contributed by atoms with Gasteiger partial charge in [-0.05, 0) is 57.5 Å². The van der Waals surface area contributed by atoms with E-state index < -0.39 is 0 Å². The fourth-order valence-corrected chi connectivity index (χ4v) is 2.80. The van der Waals surface area contributed by atoms with Crippen molar-refractivity contribution in [3.05, 3.63) is 53.1 Å². The number of hydrogen-bond donors (Lipinski definition) is 0. The summed E-state index contributed by atoms with van der Waals surface area (Å²) >= 11 is 0. The second kappa shape index (κ2) is 7.60. The zero-order valence-corrected chi connectivity index (χ0v) is 14.6. The standard InChI is InChI=1S/C19H22N4O/c1-5-22(6-2)19(24)17(12-20)11-16-10-14(3)23(15(16)4)18-8-7-9-21-13-18/h7-11,13H,5-6H2,1-4H3/b17-11-. The molecule has 0 radical (unpaired) electrons. The zero-order chi connectivity index (χ0) is 17.7. The van der Waals surface area contributed by atoms with Gasteiger partial charge >= 0.3 is 0 Å². The molecule has 0 bridgehead atoms. The Morgan fingerprint density at radius 2 is 2.08 bits per heavy atom. The molecular formula is C19H22N4O. The lowest BCUT2D eigenvalue weighted by Gasteiger charge is -2.17. The quantitative estimate of drug-likeness (QED) is 0.627. The van der Waals surface area contributed by atoms with E-state index in [4.69, 9.17) is 0 Å². The highest BCUT2D eigenvalue weighted by Crippen LogP contribution is 2.22. The van der Waals surface area contributed by atoms with Gasteiger partial charge in [0.15, 0.2) is 0 Å². The van der Waals surface area contributed by atoms with Crippen LogP contribution in [0.5, 0.6) is 0 Å². The summed E-state index contributed by atoms with van der Waals surface area (Å²) in [6.07, 6.45) is 5.20. The molecule has 1 amide bonds. The van der Waals surface area contributed by atoms with E-state index in [2.05, 4.69) is 9.55 Å². The summed E-state index contributed by atoms with van der Waals surface area (Å²) in [5.41, 5.74) is 3.99. The molecule has 2 aromatic heterocycles. The lowest BCUT2D eigenvalue weighted by Crippen LogP contribution is -2.31. The third-order valence-electron chi connectivity index (χ3n) is 4.08. The van der Waals surface area contributed by atoms with Crippen LogP contribution < -0.4 is 0 Å². The van der Waals surface area contributed by atoms with E-state index in [0.29, 0.717) is 13.1 Å². The molecule has 5 heteroatoms. The Balaban J connectivity index is 2.47. The molecule has 124 valence electrons. The molecule has 0 aromatic carbocycles. The van der Waals surface area contributed by atoms with E-state index in [0.717, 1.165) is 22.6 Å². The fraction of sp³-hybridized carbons (Fsp3) is 0.316. The van der Waals surface area contributed by atoms with Gasteiger partial charge in [0.2, 0.25) is 0 Å². The summed E-state index contributed by atoms with van der Waals surface area (Å²) in [7, 11) is 0. The summed E-state index contributed by atoms with van der Waals surface area (Å²) in [4.78, 5) is 18.2. The van der Waals surface area contributed by atoms with Crippen molar-refractivity contribution in [1.29, 1.82) is 5.26 Å². The van der Waals surface area contributed by atoms with Crippen molar-refractivity contribution in [2.24, 2.45) is 0 Å². The molecule has 2 aromatic rings. The van der Waals surface area contributed by atoms with E-state index >= 15 is 0 Å². The minimum absolute atomic E-state index is 0.158. The Kier molecular flexibility index (Phi) is 5.54. The van der Waals surface area contributed by atoms with Crippen LogP contribution in [0.3, 0.4) is 0 Å². The summed E-state index contributed by atoms with van der Waals surface area (Å²) in [5, 5.41) is 9.40. The van der Waals surface area contributed by atoms with Gasteiger partial charge in [-0.2, -0.15) is 5.26 Å². The molecule has 0 N–H and O–H groups in total. The Morgan fingerprint density at radius 1 is 1.38 bits per heavy atom. The van der Waals surface area contributed by atoms with Crippen molar-refractivity contribution in [1.82, 2.24) is 14.5 Å². The minimum atomic E-state index is -0.228. The number of carbonyl (C=O) groups is 1. The van der Waals surface area contributed by atoms with E-state index in [-0.39, 0.29) is 11.5 Å². The third-order valence-corrected chi connectivity index (χ3v) is 4.08. The third kappa shape index (κ3) is 3.38. The normalized spacial score (nSPS) is 11.2. The zero-order valence-electron chi connectivity index (χ0n) is 14.6. The summed E-state index contributed by atoms with van der Waals surface area (Å²) < 4.78 is 2.07. The molecule has 0 aliphatic rings. The molecule has 2 heterocycles. The van der Waals surface area contributed by atoms with Crippen LogP contribution in [-0.4, -0.2) is 33.4 Å². The molecule has 0 atom stereocenters. The largest absolute Gasteiger partial charge is 0.339 e. The average Bonchev–Trinajstić information content (AvgIpc) is 2.88. The maximum Gasteiger partial charge on any atom is 0.264 e. The Labute approximate surface area is 142 Å². The number of rotatable bonds is 5. The monoisotopic (exact) mass is 322 g/mol. The van der Waals surface area contributed by atoms with Crippen LogP contribution in [0.4, 0.5) is 0 Å². The Hall–Kier alpha value is -2.87. The van der Waals surface area contributed by atoms with Crippen molar-refractivity contribution in [3.63, 3.8) is 0 Å². The van der Waals surface area contributed by atoms with Gasteiger partial charge in [0, 0.05) is 30.7 Å². The number of carbonyl (C=O) groups excluding carboxylic acids is 1. The van der Waals surface area contributed by atoms with Crippen LogP contribution in [-0.2, 0) is 4.79 Å². The number of nitriles is 1. The first-order valence-corrected chi connectivity index (χ1v) is 8.03. The molecule has 0 spiro atoms. The van der Waals surface area contributed by atoms with Gasteiger partial charge in [0.1, 0.15) is 11.6 Å². The Morgan fingerprint density at radius 3 is 2.62 bits per heavy atom. The lowest BCUT2D eigenvalue weighted by atomic mass is 10.1. The van der Waals surface area contributed by atoms with Crippen LogP contribution in [0, 0.1) is 25.2 Å². The smallest absolute Gasteiger partial charge is 0.264 e. The van der Waals surface area contributed by atoms with Crippen molar-refractivity contribution in [2.75, 3.05) is 13.1 Å². The highest BCUT2D eigenvalue weighted by atomic mass is 16.2. The minimum Gasteiger partial charge on any atom is -0.339 e. The topological polar surface area (TPSA) is 61.9 Å². The second-order valence-electron chi connectivity index (χ2n) is 5.52. The van der Waals surface area contributed by atoms with E-state index in [1.165, 1.54) is 0 Å². The van der Waals surface area contributed by atoms with Crippen molar-refractivity contribution in [2.45, 2.75) is 27.7 Å². The number of aromatic nitrogens is 2. The first-order valence-electron chi connectivity index (χ1n) is 8.03. The molecule has 0 aliphatic heterocycles. The van der Waals surface area contributed by atoms with E-state index in [9.17, 15) is 10.1 Å². The molecular weight excluding hydrogens is 300 g/mol. The van der Waals surface area contributed by atoms with Gasteiger partial charge in [0.05, 0.1) is 11.9 Å².